The van der Waals surface area contributed by atoms with Gasteiger partial charge >= 0.3 is 0 Å². The maximum atomic E-state index is 12.9. The molecule has 1 N–H and O–H groups in total. The van der Waals surface area contributed by atoms with Crippen molar-refractivity contribution in [3.8, 4) is 0 Å². The second kappa shape index (κ2) is 8.87. The number of nitrogens with one attached hydrogen (secondary N) is 1. The average molecular weight is 448 g/mol. The van der Waals surface area contributed by atoms with Crippen LogP contribution in [0.2, 0.25) is 5.02 Å². The van der Waals surface area contributed by atoms with Crippen LogP contribution in [-0.4, -0.2) is 29.7 Å². The third kappa shape index (κ3) is 4.26. The molecule has 0 spiro atoms. The largest absolute Gasteiger partial charge is 0.285 e. The molecule has 156 valence electrons. The molecule has 0 aromatic heterocycles. The number of halogens is 1. The molecular formula is C25H22ClN3OS. The highest BCUT2D eigenvalue weighted by molar-refractivity contribution is 7.99. The lowest BCUT2D eigenvalue weighted by molar-refractivity contribution is 0.0750. The molecule has 0 bridgehead atoms. The Morgan fingerprint density at radius 1 is 0.903 bits per heavy atom. The molecule has 2 heterocycles. The van der Waals surface area contributed by atoms with Crippen LogP contribution in [0, 0.1) is 0 Å². The van der Waals surface area contributed by atoms with Crippen molar-refractivity contribution in [2.75, 3.05) is 13.1 Å². The highest BCUT2D eigenvalue weighted by Gasteiger charge is 2.21. The second-order valence-corrected chi connectivity index (χ2v) is 9.20. The predicted molar refractivity (Wildman–Crippen MR) is 127 cm³/mol. The number of hydrogen-bond acceptors (Lipinski definition) is 4. The van der Waals surface area contributed by atoms with Gasteiger partial charge < -0.3 is 0 Å². The number of carbonyl (C=O) groups is 1. The van der Waals surface area contributed by atoms with Gasteiger partial charge in [-0.05, 0) is 43.2 Å². The summed E-state index contributed by atoms with van der Waals surface area (Å²) in [5, 5.41) is 2.67. The first-order chi connectivity index (χ1) is 15.2. The molecule has 1 fully saturated rings. The van der Waals surface area contributed by atoms with Crippen LogP contribution in [-0.2, 0) is 0 Å². The molecule has 3 aromatic carbocycles. The summed E-state index contributed by atoms with van der Waals surface area (Å²) in [5.74, 6) is -0.0917. The third-order valence-electron chi connectivity index (χ3n) is 5.56. The fourth-order valence-corrected chi connectivity index (χ4v) is 5.18. The second-order valence-electron chi connectivity index (χ2n) is 7.71. The van der Waals surface area contributed by atoms with Gasteiger partial charge in [-0.2, -0.15) is 0 Å². The Bertz CT molecular complexity index is 1170. The van der Waals surface area contributed by atoms with Gasteiger partial charge in [-0.3, -0.25) is 10.2 Å². The summed E-state index contributed by atoms with van der Waals surface area (Å²) in [4.78, 5) is 20.0. The highest BCUT2D eigenvalue weighted by Crippen LogP contribution is 2.42. The SMILES string of the molecule is O=C(NN1CCCCC1)c1ccc2c(c1)N=C(c1ccccc1Cl)c1ccccc1S2. The van der Waals surface area contributed by atoms with Crippen LogP contribution in [0.1, 0.15) is 40.7 Å². The van der Waals surface area contributed by atoms with Gasteiger partial charge in [0.25, 0.3) is 5.91 Å². The Kier molecular flexibility index (Phi) is 5.81. The number of hydrogen-bond donors (Lipinski definition) is 1. The van der Waals surface area contributed by atoms with E-state index >= 15 is 0 Å². The zero-order valence-corrected chi connectivity index (χ0v) is 18.5. The van der Waals surface area contributed by atoms with Crippen molar-refractivity contribution in [3.05, 3.63) is 88.4 Å². The number of carbonyl (C=O) groups excluding carboxylic acids is 1. The molecule has 6 heteroatoms. The normalized spacial score (nSPS) is 16.0. The number of nitrogens with zero attached hydrogens (tertiary/aromatic N) is 2. The van der Waals surface area contributed by atoms with E-state index in [4.69, 9.17) is 16.6 Å². The molecule has 0 aliphatic carbocycles. The summed E-state index contributed by atoms with van der Waals surface area (Å²) in [6.07, 6.45) is 3.46. The van der Waals surface area contributed by atoms with E-state index in [9.17, 15) is 4.79 Å². The summed E-state index contributed by atoms with van der Waals surface area (Å²) in [5.41, 5.74) is 7.18. The topological polar surface area (TPSA) is 44.7 Å². The summed E-state index contributed by atoms with van der Waals surface area (Å²) in [6.45, 7) is 1.80. The van der Waals surface area contributed by atoms with E-state index in [0.29, 0.717) is 10.6 Å². The zero-order valence-electron chi connectivity index (χ0n) is 17.0. The number of piperidine rings is 1. The number of amides is 1. The van der Waals surface area contributed by atoms with Crippen LogP contribution in [0.4, 0.5) is 5.69 Å². The lowest BCUT2D eigenvalue weighted by Gasteiger charge is -2.26. The molecule has 31 heavy (non-hydrogen) atoms. The van der Waals surface area contributed by atoms with E-state index in [1.807, 2.05) is 59.6 Å². The van der Waals surface area contributed by atoms with Crippen molar-refractivity contribution in [1.29, 1.82) is 0 Å². The number of hydrazine groups is 1. The van der Waals surface area contributed by atoms with Crippen molar-refractivity contribution >= 4 is 40.7 Å². The van der Waals surface area contributed by atoms with Gasteiger partial charge in [0.15, 0.2) is 0 Å². The third-order valence-corrected chi connectivity index (χ3v) is 7.03. The maximum absolute atomic E-state index is 12.9. The van der Waals surface area contributed by atoms with E-state index in [2.05, 4.69) is 17.6 Å². The van der Waals surface area contributed by atoms with Crippen LogP contribution < -0.4 is 5.43 Å². The minimum atomic E-state index is -0.0917. The fourth-order valence-electron chi connectivity index (χ4n) is 3.96. The molecule has 1 saturated heterocycles. The maximum Gasteiger partial charge on any atom is 0.265 e. The fraction of sp³-hybridized carbons (Fsp3) is 0.200. The Morgan fingerprint density at radius 3 is 2.45 bits per heavy atom. The molecule has 3 aromatic rings. The molecule has 5 rings (SSSR count). The summed E-state index contributed by atoms with van der Waals surface area (Å²) in [6, 6.07) is 21.7. The Morgan fingerprint density at radius 2 is 1.65 bits per heavy atom. The number of aliphatic imine (C=N–C) groups is 1. The van der Waals surface area contributed by atoms with E-state index < -0.39 is 0 Å². The predicted octanol–water partition coefficient (Wildman–Crippen LogP) is 6.10. The molecule has 4 nitrogen and oxygen atoms in total. The lowest BCUT2D eigenvalue weighted by atomic mass is 10.0. The average Bonchev–Trinajstić information content (AvgIpc) is 2.96. The Hall–Kier alpha value is -2.60. The van der Waals surface area contributed by atoms with Crippen LogP contribution in [0.3, 0.4) is 0 Å². The summed E-state index contributed by atoms with van der Waals surface area (Å²) < 4.78 is 0. The number of rotatable bonds is 3. The zero-order chi connectivity index (χ0) is 21.2. The van der Waals surface area contributed by atoms with Crippen molar-refractivity contribution < 1.29 is 4.79 Å². The molecule has 0 atom stereocenters. The molecule has 0 radical (unpaired) electrons. The van der Waals surface area contributed by atoms with E-state index in [-0.39, 0.29) is 5.91 Å². The minimum Gasteiger partial charge on any atom is -0.285 e. The van der Waals surface area contributed by atoms with Gasteiger partial charge in [-0.15, -0.1) is 0 Å². The molecule has 2 aliphatic rings. The molecule has 0 unspecified atom stereocenters. The van der Waals surface area contributed by atoms with Crippen LogP contribution in [0.25, 0.3) is 0 Å². The smallest absolute Gasteiger partial charge is 0.265 e. The van der Waals surface area contributed by atoms with Gasteiger partial charge in [0, 0.05) is 44.6 Å². The first-order valence-corrected chi connectivity index (χ1v) is 11.7. The van der Waals surface area contributed by atoms with E-state index in [1.54, 1.807) is 11.8 Å². The number of benzene rings is 3. The van der Waals surface area contributed by atoms with Gasteiger partial charge in [-0.1, -0.05) is 66.2 Å². The highest BCUT2D eigenvalue weighted by atomic mass is 35.5. The van der Waals surface area contributed by atoms with Crippen molar-refractivity contribution in [1.82, 2.24) is 10.4 Å². The van der Waals surface area contributed by atoms with Crippen molar-refractivity contribution in [2.45, 2.75) is 29.1 Å². The van der Waals surface area contributed by atoms with Crippen LogP contribution in [0.15, 0.2) is 81.5 Å². The van der Waals surface area contributed by atoms with Gasteiger partial charge in [-0.25, -0.2) is 10.0 Å². The molecule has 2 aliphatic heterocycles. The van der Waals surface area contributed by atoms with Gasteiger partial charge in [0.1, 0.15) is 0 Å². The van der Waals surface area contributed by atoms with E-state index in [1.165, 1.54) is 6.42 Å². The van der Waals surface area contributed by atoms with Crippen LogP contribution >= 0.6 is 23.4 Å². The first-order valence-electron chi connectivity index (χ1n) is 10.5. The first kappa shape index (κ1) is 20.3. The minimum absolute atomic E-state index is 0.0917. The molecule has 1 amide bonds. The molecule has 0 saturated carbocycles. The standard InChI is InChI=1S/C25H22ClN3OS/c26-20-10-4-2-8-18(20)24-19-9-3-5-11-22(19)31-23-13-12-17(16-21(23)27-24)25(30)28-29-14-6-1-7-15-29/h2-5,8-13,16H,1,6-7,14-15H2,(H,28,30). The summed E-state index contributed by atoms with van der Waals surface area (Å²) >= 11 is 8.20. The summed E-state index contributed by atoms with van der Waals surface area (Å²) in [7, 11) is 0. The van der Waals surface area contributed by atoms with Crippen molar-refractivity contribution in [3.63, 3.8) is 0 Å². The van der Waals surface area contributed by atoms with E-state index in [0.717, 1.165) is 58.2 Å². The van der Waals surface area contributed by atoms with Crippen molar-refractivity contribution in [2.24, 2.45) is 4.99 Å². The lowest BCUT2D eigenvalue weighted by Crippen LogP contribution is -2.45. The monoisotopic (exact) mass is 447 g/mol. The number of fused-ring (bicyclic) bond motifs is 2. The quantitative estimate of drug-likeness (QED) is 0.412. The molecular weight excluding hydrogens is 426 g/mol. The Balaban J connectivity index is 1.56. The van der Waals surface area contributed by atoms with Crippen LogP contribution in [0.5, 0.6) is 0 Å². The van der Waals surface area contributed by atoms with Gasteiger partial charge in [0.2, 0.25) is 0 Å². The Labute approximate surface area is 191 Å². The van der Waals surface area contributed by atoms with Gasteiger partial charge in [0.05, 0.1) is 11.4 Å².